The first-order valence-corrected chi connectivity index (χ1v) is 9.07. The molecule has 0 spiro atoms. The smallest absolute Gasteiger partial charge is 0.266 e. The number of benzene rings is 2. The molecule has 0 aromatic heterocycles. The molecule has 0 radical (unpaired) electrons. The topological polar surface area (TPSA) is 56.1 Å². The second-order valence-electron chi connectivity index (χ2n) is 6.27. The zero-order valence-corrected chi connectivity index (χ0v) is 15.2. The Hall–Kier alpha value is -2.77. The van der Waals surface area contributed by atoms with Crippen LogP contribution in [-0.2, 0) is 4.79 Å². The van der Waals surface area contributed by atoms with Crippen LogP contribution in [0.4, 0.5) is 11.4 Å². The van der Waals surface area contributed by atoms with Gasteiger partial charge in [-0.1, -0.05) is 23.7 Å². The van der Waals surface area contributed by atoms with Gasteiger partial charge < -0.3 is 10.2 Å². The Kier molecular flexibility index (Phi) is 5.93. The van der Waals surface area contributed by atoms with E-state index in [9.17, 15) is 10.1 Å². The number of carbonyl (C=O) groups excluding carboxylic acids is 1. The van der Waals surface area contributed by atoms with Gasteiger partial charge in [0, 0.05) is 29.5 Å². The van der Waals surface area contributed by atoms with E-state index in [1.54, 1.807) is 30.3 Å². The second kappa shape index (κ2) is 8.55. The molecule has 1 amide bonds. The van der Waals surface area contributed by atoms with Crippen molar-refractivity contribution in [3.8, 4) is 6.07 Å². The summed E-state index contributed by atoms with van der Waals surface area (Å²) in [7, 11) is 0. The third kappa shape index (κ3) is 4.65. The fraction of sp³-hybridized carbons (Fsp3) is 0.238. The van der Waals surface area contributed by atoms with E-state index < -0.39 is 5.91 Å². The van der Waals surface area contributed by atoms with Gasteiger partial charge in [0.15, 0.2) is 0 Å². The number of hydrogen-bond acceptors (Lipinski definition) is 3. The van der Waals surface area contributed by atoms with E-state index in [1.165, 1.54) is 24.9 Å². The summed E-state index contributed by atoms with van der Waals surface area (Å²) in [6.07, 6.45) is 5.29. The van der Waals surface area contributed by atoms with Crippen molar-refractivity contribution in [2.24, 2.45) is 0 Å². The van der Waals surface area contributed by atoms with Crippen LogP contribution in [0.1, 0.15) is 24.8 Å². The van der Waals surface area contributed by atoms with Crippen molar-refractivity contribution in [1.29, 1.82) is 5.26 Å². The highest BCUT2D eigenvalue weighted by molar-refractivity contribution is 6.30. The zero-order chi connectivity index (χ0) is 18.4. The molecule has 4 nitrogen and oxygen atoms in total. The van der Waals surface area contributed by atoms with Crippen molar-refractivity contribution in [3.63, 3.8) is 0 Å². The number of nitrogens with one attached hydrogen (secondary N) is 1. The van der Waals surface area contributed by atoms with E-state index in [1.807, 2.05) is 30.3 Å². The lowest BCUT2D eigenvalue weighted by atomic mass is 10.1. The Bertz CT molecular complexity index is 829. The molecule has 1 aliphatic rings. The minimum atomic E-state index is -0.423. The van der Waals surface area contributed by atoms with Gasteiger partial charge in [0.2, 0.25) is 0 Å². The van der Waals surface area contributed by atoms with Gasteiger partial charge in [0.05, 0.1) is 0 Å². The molecule has 2 aromatic rings. The van der Waals surface area contributed by atoms with Crippen LogP contribution < -0.4 is 10.2 Å². The minimum Gasteiger partial charge on any atom is -0.372 e. The van der Waals surface area contributed by atoms with Gasteiger partial charge in [-0.25, -0.2) is 0 Å². The number of piperidine rings is 1. The van der Waals surface area contributed by atoms with E-state index in [4.69, 9.17) is 11.6 Å². The average molecular weight is 366 g/mol. The second-order valence-corrected chi connectivity index (χ2v) is 6.71. The lowest BCUT2D eigenvalue weighted by Crippen LogP contribution is -2.29. The van der Waals surface area contributed by atoms with E-state index in [0.29, 0.717) is 10.7 Å². The van der Waals surface area contributed by atoms with E-state index in [2.05, 4.69) is 10.2 Å². The summed E-state index contributed by atoms with van der Waals surface area (Å²) >= 11 is 5.85. The minimum absolute atomic E-state index is 0.0485. The molecular formula is C21H20ClN3O. The molecule has 0 bridgehead atoms. The van der Waals surface area contributed by atoms with Crippen LogP contribution in [0.15, 0.2) is 54.1 Å². The zero-order valence-electron chi connectivity index (χ0n) is 14.4. The number of anilines is 2. The molecule has 1 aliphatic heterocycles. The van der Waals surface area contributed by atoms with Gasteiger partial charge >= 0.3 is 0 Å². The van der Waals surface area contributed by atoms with E-state index in [0.717, 1.165) is 18.7 Å². The van der Waals surface area contributed by atoms with Crippen molar-refractivity contribution in [2.45, 2.75) is 19.3 Å². The van der Waals surface area contributed by atoms with Gasteiger partial charge in [0.25, 0.3) is 5.91 Å². The van der Waals surface area contributed by atoms with Crippen LogP contribution in [0.3, 0.4) is 0 Å². The SMILES string of the molecule is N#C/C(=C/c1ccc(Cl)cc1)C(=O)Nc1ccc(N2CCCCC2)cc1. The molecule has 2 aromatic carbocycles. The van der Waals surface area contributed by atoms with Gasteiger partial charge in [0.1, 0.15) is 11.6 Å². The fourth-order valence-electron chi connectivity index (χ4n) is 2.98. The molecule has 3 rings (SSSR count). The Morgan fingerprint density at radius 3 is 2.31 bits per heavy atom. The van der Waals surface area contributed by atoms with Crippen LogP contribution >= 0.6 is 11.6 Å². The van der Waals surface area contributed by atoms with Gasteiger partial charge in [-0.05, 0) is 67.3 Å². The molecule has 0 saturated carbocycles. The fourth-order valence-corrected chi connectivity index (χ4v) is 3.11. The quantitative estimate of drug-likeness (QED) is 0.620. The highest BCUT2D eigenvalue weighted by Gasteiger charge is 2.12. The monoisotopic (exact) mass is 365 g/mol. The molecule has 0 aliphatic carbocycles. The molecule has 26 heavy (non-hydrogen) atoms. The molecule has 5 heteroatoms. The molecular weight excluding hydrogens is 346 g/mol. The van der Waals surface area contributed by atoms with Gasteiger partial charge in [-0.2, -0.15) is 5.26 Å². The van der Waals surface area contributed by atoms with Gasteiger partial charge in [-0.3, -0.25) is 4.79 Å². The number of rotatable bonds is 4. The van der Waals surface area contributed by atoms with Gasteiger partial charge in [-0.15, -0.1) is 0 Å². The number of amides is 1. The van der Waals surface area contributed by atoms with Crippen LogP contribution in [-0.4, -0.2) is 19.0 Å². The predicted octanol–water partition coefficient (Wildman–Crippen LogP) is 4.88. The largest absolute Gasteiger partial charge is 0.372 e. The van der Waals surface area contributed by atoms with Crippen molar-refractivity contribution in [1.82, 2.24) is 0 Å². The third-order valence-electron chi connectivity index (χ3n) is 4.39. The first-order valence-electron chi connectivity index (χ1n) is 8.69. The van der Waals surface area contributed by atoms with Crippen molar-refractivity contribution in [2.75, 3.05) is 23.3 Å². The first-order chi connectivity index (χ1) is 12.7. The van der Waals surface area contributed by atoms with E-state index >= 15 is 0 Å². The van der Waals surface area contributed by atoms with Crippen molar-refractivity contribution in [3.05, 3.63) is 64.7 Å². The Morgan fingerprint density at radius 2 is 1.69 bits per heavy atom. The maximum Gasteiger partial charge on any atom is 0.266 e. The third-order valence-corrected chi connectivity index (χ3v) is 4.64. The first kappa shape index (κ1) is 18.0. The van der Waals surface area contributed by atoms with Crippen molar-refractivity contribution >= 4 is 35.0 Å². The summed E-state index contributed by atoms with van der Waals surface area (Å²) in [4.78, 5) is 14.7. The van der Waals surface area contributed by atoms with Crippen LogP contribution in [0.2, 0.25) is 5.02 Å². The number of nitrogens with zero attached hydrogens (tertiary/aromatic N) is 2. The Labute approximate surface area is 158 Å². The number of hydrogen-bond donors (Lipinski definition) is 1. The standard InChI is InChI=1S/C21H20ClN3O/c22-18-6-4-16(5-7-18)14-17(15-23)21(26)24-19-8-10-20(11-9-19)25-12-2-1-3-13-25/h4-11,14H,1-3,12-13H2,(H,24,26)/b17-14-. The highest BCUT2D eigenvalue weighted by atomic mass is 35.5. The summed E-state index contributed by atoms with van der Waals surface area (Å²) in [5.74, 6) is -0.423. The molecule has 1 N–H and O–H groups in total. The molecule has 1 heterocycles. The summed E-state index contributed by atoms with van der Waals surface area (Å²) in [6.45, 7) is 2.15. The Balaban J connectivity index is 1.68. The summed E-state index contributed by atoms with van der Waals surface area (Å²) in [5.41, 5.74) is 2.64. The molecule has 132 valence electrons. The summed E-state index contributed by atoms with van der Waals surface area (Å²) in [5, 5.41) is 12.7. The maximum absolute atomic E-state index is 12.4. The van der Waals surface area contributed by atoms with Crippen LogP contribution in [0.25, 0.3) is 6.08 Å². The average Bonchev–Trinajstić information content (AvgIpc) is 2.68. The Morgan fingerprint density at radius 1 is 1.04 bits per heavy atom. The molecule has 0 atom stereocenters. The van der Waals surface area contributed by atoms with Crippen LogP contribution in [0.5, 0.6) is 0 Å². The number of halogens is 1. The molecule has 1 fully saturated rings. The lowest BCUT2D eigenvalue weighted by molar-refractivity contribution is -0.112. The number of carbonyl (C=O) groups is 1. The predicted molar refractivity (Wildman–Crippen MR) is 106 cm³/mol. The molecule has 0 unspecified atom stereocenters. The highest BCUT2D eigenvalue weighted by Crippen LogP contribution is 2.22. The lowest BCUT2D eigenvalue weighted by Gasteiger charge is -2.28. The normalized spacial score (nSPS) is 14.6. The van der Waals surface area contributed by atoms with Crippen LogP contribution in [0, 0.1) is 11.3 Å². The van der Waals surface area contributed by atoms with E-state index in [-0.39, 0.29) is 5.57 Å². The van der Waals surface area contributed by atoms with Crippen molar-refractivity contribution < 1.29 is 4.79 Å². The summed E-state index contributed by atoms with van der Waals surface area (Å²) in [6, 6.07) is 16.7. The maximum atomic E-state index is 12.4. The summed E-state index contributed by atoms with van der Waals surface area (Å²) < 4.78 is 0. The molecule has 1 saturated heterocycles. The number of nitriles is 1.